The zero-order valence-electron chi connectivity index (χ0n) is 11.1. The molecule has 0 aliphatic carbocycles. The molecule has 0 fully saturated rings. The number of carbonyl (C=O) groups is 1. The smallest absolute Gasteiger partial charge is 0.303 e. The topological polar surface area (TPSA) is 37.3 Å². The van der Waals surface area contributed by atoms with Crippen molar-refractivity contribution in [3.05, 3.63) is 49.1 Å². The summed E-state index contributed by atoms with van der Waals surface area (Å²) in [4.78, 5) is 10.3. The summed E-state index contributed by atoms with van der Waals surface area (Å²) in [7, 11) is 0. The van der Waals surface area contributed by atoms with Gasteiger partial charge < -0.3 is 5.11 Å². The third-order valence-electron chi connectivity index (χ3n) is 2.44. The van der Waals surface area contributed by atoms with Crippen molar-refractivity contribution in [3.63, 3.8) is 0 Å². The number of rotatable bonds is 11. The molecule has 0 aliphatic rings. The van der Waals surface area contributed by atoms with E-state index in [2.05, 4.69) is 37.0 Å². The molecule has 0 saturated carbocycles. The van der Waals surface area contributed by atoms with Crippen LogP contribution in [-0.2, 0) is 4.79 Å². The van der Waals surface area contributed by atoms with Crippen LogP contribution in [-0.4, -0.2) is 11.1 Å². The number of carboxylic acids is 1. The summed E-state index contributed by atoms with van der Waals surface area (Å²) in [6, 6.07) is 0. The first kappa shape index (κ1) is 16.4. The van der Waals surface area contributed by atoms with Crippen molar-refractivity contribution in [1.29, 1.82) is 0 Å². The molecule has 0 aromatic rings. The number of unbranched alkanes of at least 4 members (excludes halogenated alkanes) is 4. The first-order chi connectivity index (χ1) is 8.77. The van der Waals surface area contributed by atoms with Crippen molar-refractivity contribution in [3.8, 4) is 0 Å². The molecule has 18 heavy (non-hydrogen) atoms. The second-order valence-corrected chi connectivity index (χ2v) is 4.10. The van der Waals surface area contributed by atoms with Gasteiger partial charge in [-0.25, -0.2) is 0 Å². The van der Waals surface area contributed by atoms with Gasteiger partial charge in [0.25, 0.3) is 0 Å². The summed E-state index contributed by atoms with van der Waals surface area (Å²) in [6.07, 6.45) is 20.5. The highest BCUT2D eigenvalue weighted by Gasteiger charge is 1.95. The van der Waals surface area contributed by atoms with Crippen LogP contribution in [0.2, 0.25) is 0 Å². The molecule has 0 atom stereocenters. The molecule has 0 aromatic carbocycles. The largest absolute Gasteiger partial charge is 0.481 e. The Morgan fingerprint density at radius 2 is 1.61 bits per heavy atom. The number of carboxylic acid groups (broad SMARTS) is 1. The van der Waals surface area contributed by atoms with Crippen LogP contribution in [0.5, 0.6) is 0 Å². The van der Waals surface area contributed by atoms with Gasteiger partial charge in [0.2, 0.25) is 0 Å². The van der Waals surface area contributed by atoms with Crippen molar-refractivity contribution in [1.82, 2.24) is 0 Å². The van der Waals surface area contributed by atoms with Crippen LogP contribution in [0.15, 0.2) is 49.1 Å². The highest BCUT2D eigenvalue weighted by atomic mass is 16.4. The van der Waals surface area contributed by atoms with E-state index in [0.717, 1.165) is 38.5 Å². The maximum absolute atomic E-state index is 10.3. The Morgan fingerprint density at radius 1 is 0.944 bits per heavy atom. The van der Waals surface area contributed by atoms with E-state index in [1.165, 1.54) is 0 Å². The van der Waals surface area contributed by atoms with Gasteiger partial charge in [0.15, 0.2) is 0 Å². The molecule has 1 N–H and O–H groups in total. The minimum atomic E-state index is -0.689. The SMILES string of the molecule is C=C/C=C\C/C=C\C=C\CCCCCCC(=O)O. The molecule has 0 spiro atoms. The Morgan fingerprint density at radius 3 is 2.33 bits per heavy atom. The maximum Gasteiger partial charge on any atom is 0.303 e. The molecule has 0 aliphatic heterocycles. The van der Waals surface area contributed by atoms with Gasteiger partial charge in [-0.2, -0.15) is 0 Å². The van der Waals surface area contributed by atoms with E-state index in [0.29, 0.717) is 6.42 Å². The Bertz CT molecular complexity index is 298. The van der Waals surface area contributed by atoms with E-state index in [9.17, 15) is 4.79 Å². The minimum Gasteiger partial charge on any atom is -0.481 e. The highest BCUT2D eigenvalue weighted by Crippen LogP contribution is 2.05. The van der Waals surface area contributed by atoms with Crippen molar-refractivity contribution in [2.24, 2.45) is 0 Å². The van der Waals surface area contributed by atoms with E-state index in [4.69, 9.17) is 5.11 Å². The molecule has 100 valence electrons. The fraction of sp³-hybridized carbons (Fsp3) is 0.438. The summed E-state index contributed by atoms with van der Waals surface area (Å²) >= 11 is 0. The fourth-order valence-electron chi connectivity index (χ4n) is 1.48. The lowest BCUT2D eigenvalue weighted by molar-refractivity contribution is -0.137. The third-order valence-corrected chi connectivity index (χ3v) is 2.44. The number of aliphatic carboxylic acids is 1. The van der Waals surface area contributed by atoms with E-state index in [1.807, 2.05) is 6.08 Å². The van der Waals surface area contributed by atoms with Crippen LogP contribution in [0.1, 0.15) is 44.9 Å². The van der Waals surface area contributed by atoms with Gasteiger partial charge >= 0.3 is 5.97 Å². The van der Waals surface area contributed by atoms with Gasteiger partial charge in [0.1, 0.15) is 0 Å². The molecule has 0 amide bonds. The molecular formula is C16H24O2. The van der Waals surface area contributed by atoms with Gasteiger partial charge in [0, 0.05) is 6.42 Å². The summed E-state index contributed by atoms with van der Waals surface area (Å²) in [5.74, 6) is -0.689. The predicted molar refractivity (Wildman–Crippen MR) is 77.6 cm³/mol. The molecule has 2 nitrogen and oxygen atoms in total. The molecule has 0 bridgehead atoms. The summed E-state index contributed by atoms with van der Waals surface area (Å²) in [6.45, 7) is 3.60. The monoisotopic (exact) mass is 248 g/mol. The van der Waals surface area contributed by atoms with E-state index < -0.39 is 5.97 Å². The Kier molecular flexibility index (Phi) is 12.3. The number of hydrogen-bond acceptors (Lipinski definition) is 1. The molecule has 0 rings (SSSR count). The molecular weight excluding hydrogens is 224 g/mol. The van der Waals surface area contributed by atoms with Gasteiger partial charge in [-0.15, -0.1) is 0 Å². The second-order valence-electron chi connectivity index (χ2n) is 4.10. The standard InChI is InChI=1S/C16H24O2/c1-2-3-4-5-6-7-8-9-10-11-12-13-14-15-16(17)18/h2-4,6-9H,1,5,10-15H2,(H,17,18)/b4-3-,7-6-,9-8+. The van der Waals surface area contributed by atoms with Crippen LogP contribution < -0.4 is 0 Å². The van der Waals surface area contributed by atoms with Crippen molar-refractivity contribution in [2.45, 2.75) is 44.9 Å². The molecule has 0 unspecified atom stereocenters. The van der Waals surface area contributed by atoms with Crippen LogP contribution in [0.25, 0.3) is 0 Å². The van der Waals surface area contributed by atoms with Gasteiger partial charge in [-0.05, 0) is 25.7 Å². The van der Waals surface area contributed by atoms with Gasteiger partial charge in [0.05, 0.1) is 0 Å². The molecule has 0 heterocycles. The Hall–Kier alpha value is -1.57. The minimum absolute atomic E-state index is 0.302. The number of allylic oxidation sites excluding steroid dienone is 7. The zero-order chi connectivity index (χ0) is 13.5. The number of hydrogen-bond donors (Lipinski definition) is 1. The lowest BCUT2D eigenvalue weighted by Gasteiger charge is -1.96. The lowest BCUT2D eigenvalue weighted by Crippen LogP contribution is -1.93. The van der Waals surface area contributed by atoms with Gasteiger partial charge in [-0.3, -0.25) is 4.79 Å². The fourth-order valence-corrected chi connectivity index (χ4v) is 1.48. The quantitative estimate of drug-likeness (QED) is 0.426. The normalized spacial score (nSPS) is 11.8. The predicted octanol–water partition coefficient (Wildman–Crippen LogP) is 4.66. The van der Waals surface area contributed by atoms with Crippen molar-refractivity contribution < 1.29 is 9.90 Å². The van der Waals surface area contributed by atoms with Crippen LogP contribution in [0, 0.1) is 0 Å². The third kappa shape index (κ3) is 14.4. The molecule has 0 aromatic heterocycles. The van der Waals surface area contributed by atoms with E-state index in [1.54, 1.807) is 6.08 Å². The molecule has 0 saturated heterocycles. The van der Waals surface area contributed by atoms with Gasteiger partial charge in [-0.1, -0.05) is 62.0 Å². The van der Waals surface area contributed by atoms with Crippen LogP contribution in [0.4, 0.5) is 0 Å². The first-order valence-electron chi connectivity index (χ1n) is 6.58. The average Bonchev–Trinajstić information content (AvgIpc) is 2.34. The second kappa shape index (κ2) is 13.5. The summed E-state index contributed by atoms with van der Waals surface area (Å²) in [5.41, 5.74) is 0. The average molecular weight is 248 g/mol. The zero-order valence-corrected chi connectivity index (χ0v) is 11.1. The van der Waals surface area contributed by atoms with Crippen molar-refractivity contribution >= 4 is 5.97 Å². The van der Waals surface area contributed by atoms with E-state index >= 15 is 0 Å². The van der Waals surface area contributed by atoms with E-state index in [-0.39, 0.29) is 0 Å². The lowest BCUT2D eigenvalue weighted by atomic mass is 10.1. The van der Waals surface area contributed by atoms with Crippen molar-refractivity contribution in [2.75, 3.05) is 0 Å². The van der Waals surface area contributed by atoms with Crippen LogP contribution >= 0.6 is 0 Å². The molecule has 2 heteroatoms. The Labute approximate surface area is 110 Å². The molecule has 0 radical (unpaired) electrons. The van der Waals surface area contributed by atoms with Crippen LogP contribution in [0.3, 0.4) is 0 Å². The Balaban J connectivity index is 3.30. The maximum atomic E-state index is 10.3. The summed E-state index contributed by atoms with van der Waals surface area (Å²) < 4.78 is 0. The summed E-state index contributed by atoms with van der Waals surface area (Å²) in [5, 5.41) is 8.46. The first-order valence-corrected chi connectivity index (χ1v) is 6.58. The highest BCUT2D eigenvalue weighted by molar-refractivity contribution is 5.66.